The fourth-order valence-electron chi connectivity index (χ4n) is 1.88. The first-order valence-electron chi connectivity index (χ1n) is 5.30. The number of non-ortho nitro benzene ring substituents is 1. The summed E-state index contributed by atoms with van der Waals surface area (Å²) in [7, 11) is 1.83. The fourth-order valence-corrected chi connectivity index (χ4v) is 1.88. The van der Waals surface area contributed by atoms with Crippen LogP contribution in [0.1, 0.15) is 13.3 Å². The van der Waals surface area contributed by atoms with Gasteiger partial charge in [-0.2, -0.15) is 0 Å². The summed E-state index contributed by atoms with van der Waals surface area (Å²) in [5.74, 6) is -0.0723. The Labute approximate surface area is 98.4 Å². The van der Waals surface area contributed by atoms with Gasteiger partial charge in [0.15, 0.2) is 0 Å². The summed E-state index contributed by atoms with van der Waals surface area (Å²) < 4.78 is 0. The number of carbonyl (C=O) groups excluding carboxylic acids is 1. The van der Waals surface area contributed by atoms with Gasteiger partial charge in [-0.3, -0.25) is 14.9 Å². The van der Waals surface area contributed by atoms with Crippen LogP contribution >= 0.6 is 0 Å². The van der Waals surface area contributed by atoms with Gasteiger partial charge in [-0.15, -0.1) is 0 Å². The Morgan fingerprint density at radius 1 is 1.53 bits per heavy atom. The van der Waals surface area contributed by atoms with Crippen LogP contribution in [0.4, 0.5) is 17.1 Å². The zero-order chi connectivity index (χ0) is 12.6. The van der Waals surface area contributed by atoms with Crippen molar-refractivity contribution >= 4 is 23.0 Å². The average Bonchev–Trinajstić information content (AvgIpc) is 2.37. The molecule has 1 aliphatic heterocycles. The summed E-state index contributed by atoms with van der Waals surface area (Å²) in [4.78, 5) is 23.7. The van der Waals surface area contributed by atoms with Crippen LogP contribution in [0.5, 0.6) is 0 Å². The molecule has 2 rings (SSSR count). The Bertz CT molecular complexity index is 487. The molecule has 0 aromatic heterocycles. The zero-order valence-corrected chi connectivity index (χ0v) is 9.64. The molecular weight excluding hydrogens is 222 g/mol. The molecule has 1 amide bonds. The van der Waals surface area contributed by atoms with Gasteiger partial charge in [0.2, 0.25) is 5.91 Å². The van der Waals surface area contributed by atoms with Crippen molar-refractivity contribution in [2.24, 2.45) is 0 Å². The van der Waals surface area contributed by atoms with Crippen molar-refractivity contribution in [1.82, 2.24) is 0 Å². The van der Waals surface area contributed by atoms with Crippen LogP contribution in [0.2, 0.25) is 0 Å². The number of nitrogens with one attached hydrogen (secondary N) is 1. The summed E-state index contributed by atoms with van der Waals surface area (Å²) in [5.41, 5.74) is 1.32. The van der Waals surface area contributed by atoms with Crippen LogP contribution in [-0.4, -0.2) is 23.9 Å². The van der Waals surface area contributed by atoms with Gasteiger partial charge in [0, 0.05) is 31.6 Å². The second kappa shape index (κ2) is 4.04. The molecule has 90 valence electrons. The summed E-state index contributed by atoms with van der Waals surface area (Å²) in [6, 6.07) is 4.46. The van der Waals surface area contributed by atoms with Gasteiger partial charge in [0.1, 0.15) is 0 Å². The Morgan fingerprint density at radius 3 is 2.88 bits per heavy atom. The van der Waals surface area contributed by atoms with E-state index in [4.69, 9.17) is 0 Å². The van der Waals surface area contributed by atoms with Gasteiger partial charge in [-0.05, 0) is 13.0 Å². The molecule has 0 radical (unpaired) electrons. The maximum Gasteiger partial charge on any atom is 0.271 e. The first kappa shape index (κ1) is 11.4. The van der Waals surface area contributed by atoms with E-state index in [-0.39, 0.29) is 17.6 Å². The average molecular weight is 235 g/mol. The van der Waals surface area contributed by atoms with E-state index in [1.54, 1.807) is 6.07 Å². The molecule has 1 aliphatic rings. The van der Waals surface area contributed by atoms with E-state index in [1.807, 2.05) is 18.9 Å². The summed E-state index contributed by atoms with van der Waals surface area (Å²) in [5, 5.41) is 13.5. The van der Waals surface area contributed by atoms with Gasteiger partial charge in [0.05, 0.1) is 16.3 Å². The topological polar surface area (TPSA) is 75.5 Å². The predicted molar refractivity (Wildman–Crippen MR) is 64.2 cm³/mol. The summed E-state index contributed by atoms with van der Waals surface area (Å²) >= 11 is 0. The van der Waals surface area contributed by atoms with Gasteiger partial charge in [0.25, 0.3) is 5.69 Å². The van der Waals surface area contributed by atoms with Crippen molar-refractivity contribution in [1.29, 1.82) is 0 Å². The maximum atomic E-state index is 11.5. The largest absolute Gasteiger partial charge is 0.369 e. The highest BCUT2D eigenvalue weighted by molar-refractivity contribution is 5.97. The molecule has 6 nitrogen and oxygen atoms in total. The smallest absolute Gasteiger partial charge is 0.271 e. The van der Waals surface area contributed by atoms with E-state index in [9.17, 15) is 14.9 Å². The number of rotatable bonds is 1. The minimum absolute atomic E-state index is 0.0123. The van der Waals surface area contributed by atoms with Gasteiger partial charge in [-0.25, -0.2) is 0 Å². The molecule has 0 fully saturated rings. The molecule has 0 spiro atoms. The first-order valence-corrected chi connectivity index (χ1v) is 5.30. The molecule has 1 aromatic carbocycles. The number of amides is 1. The Morgan fingerprint density at radius 2 is 2.24 bits per heavy atom. The van der Waals surface area contributed by atoms with Crippen LogP contribution in [0.25, 0.3) is 0 Å². The molecule has 0 unspecified atom stereocenters. The third-order valence-electron chi connectivity index (χ3n) is 2.99. The Hall–Kier alpha value is -2.11. The first-order chi connectivity index (χ1) is 7.99. The molecule has 17 heavy (non-hydrogen) atoms. The maximum absolute atomic E-state index is 11.5. The Kier molecular flexibility index (Phi) is 2.71. The lowest BCUT2D eigenvalue weighted by Crippen LogP contribution is -2.29. The van der Waals surface area contributed by atoms with Crippen molar-refractivity contribution in [2.75, 3.05) is 17.3 Å². The normalized spacial score (nSPS) is 19.3. The number of nitrogens with zero attached hydrogens (tertiary/aromatic N) is 2. The van der Waals surface area contributed by atoms with Crippen LogP contribution < -0.4 is 10.2 Å². The number of nitro benzene ring substituents is 1. The second-order valence-corrected chi connectivity index (χ2v) is 4.17. The number of hydrogen-bond acceptors (Lipinski definition) is 4. The molecule has 0 saturated carbocycles. The van der Waals surface area contributed by atoms with Crippen LogP contribution in [-0.2, 0) is 4.79 Å². The summed E-state index contributed by atoms with van der Waals surface area (Å²) in [6.45, 7) is 1.91. The van der Waals surface area contributed by atoms with Crippen molar-refractivity contribution < 1.29 is 9.72 Å². The number of carbonyl (C=O) groups is 1. The highest BCUT2D eigenvalue weighted by Crippen LogP contribution is 2.33. The second-order valence-electron chi connectivity index (χ2n) is 4.17. The van der Waals surface area contributed by atoms with E-state index in [0.717, 1.165) is 0 Å². The van der Waals surface area contributed by atoms with Gasteiger partial charge >= 0.3 is 0 Å². The van der Waals surface area contributed by atoms with E-state index in [0.29, 0.717) is 17.8 Å². The lowest BCUT2D eigenvalue weighted by atomic mass is 10.2. The quantitative estimate of drug-likeness (QED) is 0.594. The zero-order valence-electron chi connectivity index (χ0n) is 9.64. The fraction of sp³-hybridized carbons (Fsp3) is 0.364. The van der Waals surface area contributed by atoms with E-state index < -0.39 is 4.92 Å². The number of benzene rings is 1. The molecule has 1 N–H and O–H groups in total. The summed E-state index contributed by atoms with van der Waals surface area (Å²) in [6.07, 6.45) is 0.374. The highest BCUT2D eigenvalue weighted by Gasteiger charge is 2.24. The van der Waals surface area contributed by atoms with Crippen LogP contribution in [0.15, 0.2) is 18.2 Å². The van der Waals surface area contributed by atoms with Crippen molar-refractivity contribution in [3.63, 3.8) is 0 Å². The van der Waals surface area contributed by atoms with E-state index in [1.165, 1.54) is 12.1 Å². The number of nitro groups is 1. The minimum Gasteiger partial charge on any atom is -0.369 e. The van der Waals surface area contributed by atoms with E-state index in [2.05, 4.69) is 5.32 Å². The van der Waals surface area contributed by atoms with Gasteiger partial charge in [-0.1, -0.05) is 0 Å². The number of fused-ring (bicyclic) bond motifs is 1. The highest BCUT2D eigenvalue weighted by atomic mass is 16.6. The minimum atomic E-state index is -0.439. The molecule has 0 aliphatic carbocycles. The SMILES string of the molecule is C[C@@H]1CC(=O)Nc2ccc([N+](=O)[O-])cc2N1C. The van der Waals surface area contributed by atoms with Crippen LogP contribution in [0.3, 0.4) is 0 Å². The predicted octanol–water partition coefficient (Wildman–Crippen LogP) is 1.76. The number of anilines is 2. The monoisotopic (exact) mass is 235 g/mol. The lowest BCUT2D eigenvalue weighted by Gasteiger charge is -2.24. The molecule has 1 atom stereocenters. The van der Waals surface area contributed by atoms with E-state index >= 15 is 0 Å². The molecule has 1 aromatic rings. The van der Waals surface area contributed by atoms with Crippen LogP contribution in [0, 0.1) is 10.1 Å². The standard InChI is InChI=1S/C11H13N3O3/c1-7-5-11(15)12-9-4-3-8(14(16)17)6-10(9)13(7)2/h3-4,6-7H,5H2,1-2H3,(H,12,15)/t7-/m1/s1. The lowest BCUT2D eigenvalue weighted by molar-refractivity contribution is -0.384. The molecule has 0 saturated heterocycles. The molecule has 6 heteroatoms. The third kappa shape index (κ3) is 2.06. The molecule has 1 heterocycles. The van der Waals surface area contributed by atoms with Crippen molar-refractivity contribution in [2.45, 2.75) is 19.4 Å². The molecule has 0 bridgehead atoms. The van der Waals surface area contributed by atoms with Crippen molar-refractivity contribution in [3.05, 3.63) is 28.3 Å². The third-order valence-corrected chi connectivity index (χ3v) is 2.99. The molecular formula is C11H13N3O3. The Balaban J connectivity index is 2.51. The van der Waals surface area contributed by atoms with Gasteiger partial charge < -0.3 is 10.2 Å². The van der Waals surface area contributed by atoms with Crippen molar-refractivity contribution in [3.8, 4) is 0 Å². The number of hydrogen-bond donors (Lipinski definition) is 1.